The number of hydrogen-bond donors (Lipinski definition) is 1. The minimum Gasteiger partial charge on any atom is -0.497 e. The monoisotopic (exact) mass is 283 g/mol. The Balaban J connectivity index is 2.17. The van der Waals surface area contributed by atoms with Gasteiger partial charge in [0, 0.05) is 10.9 Å². The van der Waals surface area contributed by atoms with Crippen LogP contribution in [0, 0.1) is 0 Å². The molecule has 2 N–H and O–H groups in total. The molecule has 0 atom stereocenters. The van der Waals surface area contributed by atoms with Gasteiger partial charge in [-0.1, -0.05) is 15.9 Å². The SMILES string of the molecule is COc1ccc(Br)c(CC(=O)C2(N)CC2)c1. The Morgan fingerprint density at radius 3 is 2.81 bits per heavy atom. The van der Waals surface area contributed by atoms with Gasteiger partial charge in [-0.25, -0.2) is 0 Å². The summed E-state index contributed by atoms with van der Waals surface area (Å²) in [5.74, 6) is 0.870. The third-order valence-corrected chi connectivity index (χ3v) is 3.72. The van der Waals surface area contributed by atoms with Gasteiger partial charge >= 0.3 is 0 Å². The maximum Gasteiger partial charge on any atom is 0.157 e. The number of halogens is 1. The standard InChI is InChI=1S/C12H14BrNO2/c1-16-9-2-3-10(13)8(6-9)7-11(15)12(14)4-5-12/h2-3,6H,4-5,7,14H2,1H3. The molecular weight excluding hydrogens is 270 g/mol. The molecule has 1 aromatic rings. The number of rotatable bonds is 4. The first-order valence-electron chi connectivity index (χ1n) is 5.20. The third kappa shape index (κ3) is 2.28. The summed E-state index contributed by atoms with van der Waals surface area (Å²) in [5.41, 5.74) is 6.24. The van der Waals surface area contributed by atoms with Gasteiger partial charge in [0.1, 0.15) is 5.75 Å². The first-order chi connectivity index (χ1) is 7.55. The summed E-state index contributed by atoms with van der Waals surface area (Å²) >= 11 is 3.43. The highest BCUT2D eigenvalue weighted by Crippen LogP contribution is 2.35. The van der Waals surface area contributed by atoms with Crippen molar-refractivity contribution in [1.29, 1.82) is 0 Å². The quantitative estimate of drug-likeness (QED) is 0.920. The fourth-order valence-corrected chi connectivity index (χ4v) is 1.96. The predicted molar refractivity (Wildman–Crippen MR) is 65.6 cm³/mol. The summed E-state index contributed by atoms with van der Waals surface area (Å²) in [4.78, 5) is 11.9. The summed E-state index contributed by atoms with van der Waals surface area (Å²) in [6, 6.07) is 5.61. The Morgan fingerprint density at radius 2 is 2.25 bits per heavy atom. The molecule has 2 rings (SSSR count). The van der Waals surface area contributed by atoms with E-state index in [4.69, 9.17) is 10.5 Å². The fourth-order valence-electron chi connectivity index (χ4n) is 1.58. The number of benzene rings is 1. The molecule has 1 saturated carbocycles. The van der Waals surface area contributed by atoms with Gasteiger partial charge in [-0.15, -0.1) is 0 Å². The molecule has 0 radical (unpaired) electrons. The van der Waals surface area contributed by atoms with E-state index in [1.165, 1.54) is 0 Å². The van der Waals surface area contributed by atoms with E-state index < -0.39 is 5.54 Å². The molecule has 0 spiro atoms. The molecule has 1 aliphatic rings. The maximum atomic E-state index is 11.9. The van der Waals surface area contributed by atoms with E-state index in [-0.39, 0.29) is 5.78 Å². The Kier molecular flexibility index (Phi) is 3.04. The van der Waals surface area contributed by atoms with Crippen molar-refractivity contribution in [2.24, 2.45) is 5.73 Å². The third-order valence-electron chi connectivity index (χ3n) is 2.95. The normalized spacial score (nSPS) is 16.9. The molecular formula is C12H14BrNO2. The molecule has 1 fully saturated rings. The largest absolute Gasteiger partial charge is 0.497 e. The Bertz CT molecular complexity index is 427. The highest BCUT2D eigenvalue weighted by atomic mass is 79.9. The van der Waals surface area contributed by atoms with Crippen LogP contribution in [-0.4, -0.2) is 18.4 Å². The smallest absolute Gasteiger partial charge is 0.157 e. The van der Waals surface area contributed by atoms with E-state index in [0.29, 0.717) is 6.42 Å². The summed E-state index contributed by atoms with van der Waals surface area (Å²) in [6.45, 7) is 0. The van der Waals surface area contributed by atoms with Gasteiger partial charge < -0.3 is 10.5 Å². The molecule has 86 valence electrons. The molecule has 0 bridgehead atoms. The molecule has 16 heavy (non-hydrogen) atoms. The molecule has 0 aliphatic heterocycles. The van der Waals surface area contributed by atoms with Crippen molar-refractivity contribution in [2.45, 2.75) is 24.8 Å². The van der Waals surface area contributed by atoms with Crippen LogP contribution < -0.4 is 10.5 Å². The van der Waals surface area contributed by atoms with Crippen molar-refractivity contribution in [1.82, 2.24) is 0 Å². The molecule has 4 heteroatoms. The predicted octanol–water partition coefficient (Wildman–Crippen LogP) is 2.06. The second-order valence-electron chi connectivity index (χ2n) is 4.21. The van der Waals surface area contributed by atoms with E-state index >= 15 is 0 Å². The van der Waals surface area contributed by atoms with Gasteiger partial charge in [0.15, 0.2) is 5.78 Å². The summed E-state index contributed by atoms with van der Waals surface area (Å²) in [7, 11) is 1.61. The van der Waals surface area contributed by atoms with E-state index in [1.54, 1.807) is 7.11 Å². The van der Waals surface area contributed by atoms with E-state index in [1.807, 2.05) is 18.2 Å². The van der Waals surface area contributed by atoms with Gasteiger partial charge in [0.25, 0.3) is 0 Å². The first-order valence-corrected chi connectivity index (χ1v) is 5.99. The Hall–Kier alpha value is -0.870. The zero-order valence-electron chi connectivity index (χ0n) is 9.13. The molecule has 1 aliphatic carbocycles. The number of ketones is 1. The van der Waals surface area contributed by atoms with Gasteiger partial charge in [-0.05, 0) is 36.6 Å². The van der Waals surface area contributed by atoms with Crippen molar-refractivity contribution in [3.05, 3.63) is 28.2 Å². The lowest BCUT2D eigenvalue weighted by Gasteiger charge is -2.10. The van der Waals surface area contributed by atoms with E-state index in [9.17, 15) is 4.79 Å². The van der Waals surface area contributed by atoms with Gasteiger partial charge in [-0.2, -0.15) is 0 Å². The highest BCUT2D eigenvalue weighted by molar-refractivity contribution is 9.10. The van der Waals surface area contributed by atoms with E-state index in [0.717, 1.165) is 28.6 Å². The van der Waals surface area contributed by atoms with Crippen LogP contribution in [0.5, 0.6) is 5.75 Å². The molecule has 0 amide bonds. The number of carbonyl (C=O) groups is 1. The molecule has 0 aromatic heterocycles. The van der Waals surface area contributed by atoms with Crippen LogP contribution >= 0.6 is 15.9 Å². The Labute approximate surface area is 103 Å². The van der Waals surface area contributed by atoms with Crippen LogP contribution in [0.15, 0.2) is 22.7 Å². The number of carbonyl (C=O) groups excluding carboxylic acids is 1. The lowest BCUT2D eigenvalue weighted by Crippen LogP contribution is -2.34. The van der Waals surface area contributed by atoms with Crippen molar-refractivity contribution in [2.75, 3.05) is 7.11 Å². The van der Waals surface area contributed by atoms with Gasteiger partial charge in [0.2, 0.25) is 0 Å². The number of hydrogen-bond acceptors (Lipinski definition) is 3. The second-order valence-corrected chi connectivity index (χ2v) is 5.07. The highest BCUT2D eigenvalue weighted by Gasteiger charge is 2.45. The second kappa shape index (κ2) is 4.18. The number of Topliss-reactive ketones (excluding diaryl/α,β-unsaturated/α-hetero) is 1. The fraction of sp³-hybridized carbons (Fsp3) is 0.417. The first kappa shape index (κ1) is 11.6. The average molecular weight is 284 g/mol. The van der Waals surface area contributed by atoms with Crippen molar-refractivity contribution >= 4 is 21.7 Å². The van der Waals surface area contributed by atoms with Gasteiger partial charge in [0.05, 0.1) is 12.6 Å². The lowest BCUT2D eigenvalue weighted by atomic mass is 10.0. The van der Waals surface area contributed by atoms with E-state index in [2.05, 4.69) is 15.9 Å². The zero-order valence-corrected chi connectivity index (χ0v) is 10.7. The Morgan fingerprint density at radius 1 is 1.56 bits per heavy atom. The molecule has 1 aromatic carbocycles. The maximum absolute atomic E-state index is 11.9. The minimum absolute atomic E-state index is 0.112. The van der Waals surface area contributed by atoms with Crippen molar-refractivity contribution < 1.29 is 9.53 Å². The van der Waals surface area contributed by atoms with Crippen LogP contribution in [0.2, 0.25) is 0 Å². The summed E-state index contributed by atoms with van der Waals surface area (Å²) < 4.78 is 6.05. The number of methoxy groups -OCH3 is 1. The molecule has 0 heterocycles. The molecule has 3 nitrogen and oxygen atoms in total. The minimum atomic E-state index is -0.553. The summed E-state index contributed by atoms with van der Waals surface area (Å²) in [5, 5.41) is 0. The molecule has 0 saturated heterocycles. The van der Waals surface area contributed by atoms with Gasteiger partial charge in [-0.3, -0.25) is 4.79 Å². The van der Waals surface area contributed by atoms with Crippen molar-refractivity contribution in [3.63, 3.8) is 0 Å². The number of ether oxygens (including phenoxy) is 1. The van der Waals surface area contributed by atoms with Crippen LogP contribution in [0.3, 0.4) is 0 Å². The van der Waals surface area contributed by atoms with Crippen LogP contribution in [0.4, 0.5) is 0 Å². The average Bonchev–Trinajstić information content (AvgIpc) is 3.01. The zero-order chi connectivity index (χ0) is 11.8. The molecule has 0 unspecified atom stereocenters. The summed E-state index contributed by atoms with van der Waals surface area (Å²) in [6.07, 6.45) is 2.00. The van der Waals surface area contributed by atoms with Crippen LogP contribution in [0.1, 0.15) is 18.4 Å². The van der Waals surface area contributed by atoms with Crippen LogP contribution in [0.25, 0.3) is 0 Å². The van der Waals surface area contributed by atoms with Crippen LogP contribution in [-0.2, 0) is 11.2 Å². The lowest BCUT2D eigenvalue weighted by molar-refractivity contribution is -0.120. The number of nitrogens with two attached hydrogens (primary N) is 1. The van der Waals surface area contributed by atoms with Crippen molar-refractivity contribution in [3.8, 4) is 5.75 Å². The topological polar surface area (TPSA) is 52.3 Å².